The first kappa shape index (κ1) is 15.4. The minimum Gasteiger partial charge on any atom is -0.478 e. The number of hydrogen-bond donors (Lipinski definition) is 1. The van der Waals surface area contributed by atoms with Gasteiger partial charge in [-0.3, -0.25) is 0 Å². The largest absolute Gasteiger partial charge is 0.478 e. The van der Waals surface area contributed by atoms with Crippen LogP contribution in [-0.4, -0.2) is 34.2 Å². The maximum Gasteiger partial charge on any atom is 0.410 e. The van der Waals surface area contributed by atoms with Gasteiger partial charge < -0.3 is 14.7 Å². The molecule has 1 aromatic rings. The fourth-order valence-corrected chi connectivity index (χ4v) is 2.54. The second-order valence-electron chi connectivity index (χ2n) is 6.34. The first-order valence-corrected chi connectivity index (χ1v) is 7.01. The van der Waals surface area contributed by atoms with Gasteiger partial charge in [0.1, 0.15) is 5.60 Å². The number of amides is 1. The Bertz CT molecular complexity index is 587. The average Bonchev–Trinajstić information content (AvgIpc) is 2.36. The SMILES string of the molecule is Cc1ccc(C(=O)O)c2c1CCN(C(=O)OC(C)(C)C)C2. The fraction of sp³-hybridized carbons (Fsp3) is 0.500. The molecule has 5 heteroatoms. The zero-order valence-corrected chi connectivity index (χ0v) is 12.9. The maximum atomic E-state index is 12.1. The molecule has 0 radical (unpaired) electrons. The number of rotatable bonds is 1. The lowest BCUT2D eigenvalue weighted by Gasteiger charge is -2.32. The third-order valence-electron chi connectivity index (χ3n) is 3.53. The summed E-state index contributed by atoms with van der Waals surface area (Å²) in [6, 6.07) is 3.43. The van der Waals surface area contributed by atoms with Crippen LogP contribution in [0.4, 0.5) is 4.79 Å². The number of carboxylic acids is 1. The molecule has 1 N–H and O–H groups in total. The van der Waals surface area contributed by atoms with Gasteiger partial charge in [0.15, 0.2) is 0 Å². The Morgan fingerprint density at radius 3 is 2.48 bits per heavy atom. The predicted octanol–water partition coefficient (Wildman–Crippen LogP) is 2.99. The van der Waals surface area contributed by atoms with Crippen LogP contribution in [0.2, 0.25) is 0 Å². The summed E-state index contributed by atoms with van der Waals surface area (Å²) in [5.74, 6) is -0.961. The van der Waals surface area contributed by atoms with Gasteiger partial charge in [0.05, 0.1) is 12.1 Å². The molecule has 0 aliphatic carbocycles. The molecular weight excluding hydrogens is 270 g/mol. The van der Waals surface area contributed by atoms with Crippen molar-refractivity contribution in [2.75, 3.05) is 6.54 Å². The molecule has 114 valence electrons. The molecule has 1 amide bonds. The zero-order chi connectivity index (χ0) is 15.8. The van der Waals surface area contributed by atoms with Crippen LogP contribution in [0.1, 0.15) is 47.8 Å². The molecule has 0 unspecified atom stereocenters. The van der Waals surface area contributed by atoms with Crippen LogP contribution < -0.4 is 0 Å². The van der Waals surface area contributed by atoms with E-state index in [9.17, 15) is 14.7 Å². The van der Waals surface area contributed by atoms with Crippen LogP contribution in [0.5, 0.6) is 0 Å². The molecule has 0 fully saturated rings. The molecule has 0 atom stereocenters. The van der Waals surface area contributed by atoms with Crippen molar-refractivity contribution in [3.05, 3.63) is 34.4 Å². The molecule has 0 spiro atoms. The van der Waals surface area contributed by atoms with E-state index in [1.54, 1.807) is 11.0 Å². The van der Waals surface area contributed by atoms with E-state index in [4.69, 9.17) is 4.74 Å². The van der Waals surface area contributed by atoms with E-state index in [1.165, 1.54) is 0 Å². The monoisotopic (exact) mass is 291 g/mol. The van der Waals surface area contributed by atoms with Crippen molar-refractivity contribution >= 4 is 12.1 Å². The molecule has 1 aliphatic rings. The normalized spacial score (nSPS) is 14.6. The predicted molar refractivity (Wildman–Crippen MR) is 78.5 cm³/mol. The van der Waals surface area contributed by atoms with Gasteiger partial charge in [-0.2, -0.15) is 0 Å². The van der Waals surface area contributed by atoms with Gasteiger partial charge in [0.2, 0.25) is 0 Å². The Morgan fingerprint density at radius 1 is 1.24 bits per heavy atom. The third kappa shape index (κ3) is 3.35. The number of benzene rings is 1. The molecule has 1 aromatic carbocycles. The summed E-state index contributed by atoms with van der Waals surface area (Å²) >= 11 is 0. The second-order valence-corrected chi connectivity index (χ2v) is 6.34. The molecular formula is C16H21NO4. The number of carboxylic acid groups (broad SMARTS) is 1. The first-order chi connectivity index (χ1) is 9.69. The number of fused-ring (bicyclic) bond motifs is 1. The summed E-state index contributed by atoms with van der Waals surface area (Å²) in [5, 5.41) is 9.31. The molecule has 0 saturated carbocycles. The van der Waals surface area contributed by atoms with Crippen molar-refractivity contribution in [2.24, 2.45) is 0 Å². The van der Waals surface area contributed by atoms with Crippen molar-refractivity contribution in [1.29, 1.82) is 0 Å². The number of carbonyl (C=O) groups is 2. The van der Waals surface area contributed by atoms with Crippen molar-refractivity contribution in [1.82, 2.24) is 4.90 Å². The standard InChI is InChI=1S/C16H21NO4/c1-10-5-6-12(14(18)19)13-9-17(8-7-11(10)13)15(20)21-16(2,3)4/h5-6H,7-9H2,1-4H3,(H,18,19). The van der Waals surface area contributed by atoms with Gasteiger partial charge in [-0.1, -0.05) is 6.07 Å². The Labute approximate surface area is 124 Å². The van der Waals surface area contributed by atoms with Crippen LogP contribution in [-0.2, 0) is 17.7 Å². The van der Waals surface area contributed by atoms with Crippen molar-refractivity contribution < 1.29 is 19.4 Å². The first-order valence-electron chi connectivity index (χ1n) is 7.01. The number of ether oxygens (including phenoxy) is 1. The molecule has 0 aromatic heterocycles. The van der Waals surface area contributed by atoms with Gasteiger partial charge in [-0.25, -0.2) is 9.59 Å². The Kier molecular flexibility index (Phi) is 3.94. The van der Waals surface area contributed by atoms with Crippen LogP contribution in [0.15, 0.2) is 12.1 Å². The minimum atomic E-state index is -0.961. The van der Waals surface area contributed by atoms with Crippen LogP contribution in [0, 0.1) is 6.92 Å². The molecule has 21 heavy (non-hydrogen) atoms. The summed E-state index contributed by atoms with van der Waals surface area (Å²) in [6.45, 7) is 8.24. The topological polar surface area (TPSA) is 66.8 Å². The maximum absolute atomic E-state index is 12.1. The lowest BCUT2D eigenvalue weighted by Crippen LogP contribution is -2.40. The highest BCUT2D eigenvalue weighted by Gasteiger charge is 2.28. The molecule has 0 saturated heterocycles. The molecule has 1 heterocycles. The van der Waals surface area contributed by atoms with E-state index in [1.807, 2.05) is 33.8 Å². The number of aryl methyl sites for hydroxylation is 1. The molecule has 2 rings (SSSR count). The van der Waals surface area contributed by atoms with Gasteiger partial charge in [-0.15, -0.1) is 0 Å². The summed E-state index contributed by atoms with van der Waals surface area (Å²) in [4.78, 5) is 25.1. The number of carbonyl (C=O) groups excluding carboxylic acids is 1. The Morgan fingerprint density at radius 2 is 1.90 bits per heavy atom. The Balaban J connectivity index is 2.29. The van der Waals surface area contributed by atoms with E-state index in [0.29, 0.717) is 13.0 Å². The van der Waals surface area contributed by atoms with Crippen LogP contribution in [0.25, 0.3) is 0 Å². The van der Waals surface area contributed by atoms with E-state index in [2.05, 4.69) is 0 Å². The highest BCUT2D eigenvalue weighted by atomic mass is 16.6. The highest BCUT2D eigenvalue weighted by Crippen LogP contribution is 2.27. The second kappa shape index (κ2) is 5.39. The summed E-state index contributed by atoms with van der Waals surface area (Å²) in [7, 11) is 0. The number of nitrogens with zero attached hydrogens (tertiary/aromatic N) is 1. The third-order valence-corrected chi connectivity index (χ3v) is 3.53. The minimum absolute atomic E-state index is 0.267. The average molecular weight is 291 g/mol. The molecule has 5 nitrogen and oxygen atoms in total. The lowest BCUT2D eigenvalue weighted by atomic mass is 9.91. The van der Waals surface area contributed by atoms with Gasteiger partial charge in [0.25, 0.3) is 0 Å². The number of aromatic carboxylic acids is 1. The fourth-order valence-electron chi connectivity index (χ4n) is 2.54. The van der Waals surface area contributed by atoms with Crippen molar-refractivity contribution in [3.63, 3.8) is 0 Å². The van der Waals surface area contributed by atoms with Gasteiger partial charge >= 0.3 is 12.1 Å². The van der Waals surface area contributed by atoms with Gasteiger partial charge in [-0.05, 0) is 56.9 Å². The Hall–Kier alpha value is -2.04. The smallest absolute Gasteiger partial charge is 0.410 e. The highest BCUT2D eigenvalue weighted by molar-refractivity contribution is 5.90. The van der Waals surface area contributed by atoms with E-state index >= 15 is 0 Å². The zero-order valence-electron chi connectivity index (χ0n) is 12.9. The summed E-state index contributed by atoms with van der Waals surface area (Å²) < 4.78 is 5.36. The van der Waals surface area contributed by atoms with Crippen LogP contribution >= 0.6 is 0 Å². The molecule has 0 bridgehead atoms. The lowest BCUT2D eigenvalue weighted by molar-refractivity contribution is 0.0221. The van der Waals surface area contributed by atoms with E-state index in [0.717, 1.165) is 16.7 Å². The summed E-state index contributed by atoms with van der Waals surface area (Å²) in [5.41, 5.74) is 2.54. The number of hydrogen-bond acceptors (Lipinski definition) is 3. The molecule has 1 aliphatic heterocycles. The van der Waals surface area contributed by atoms with Crippen molar-refractivity contribution in [3.8, 4) is 0 Å². The van der Waals surface area contributed by atoms with Crippen molar-refractivity contribution in [2.45, 2.75) is 46.3 Å². The quantitative estimate of drug-likeness (QED) is 0.863. The van der Waals surface area contributed by atoms with E-state index < -0.39 is 17.7 Å². The van der Waals surface area contributed by atoms with E-state index in [-0.39, 0.29) is 12.1 Å². The van der Waals surface area contributed by atoms with Gasteiger partial charge in [0, 0.05) is 6.54 Å². The summed E-state index contributed by atoms with van der Waals surface area (Å²) in [6.07, 6.45) is 0.257. The van der Waals surface area contributed by atoms with Crippen LogP contribution in [0.3, 0.4) is 0 Å².